The minimum Gasteiger partial charge on any atom is -0.371 e. The number of anilines is 1. The van der Waals surface area contributed by atoms with Gasteiger partial charge in [-0.2, -0.15) is 0 Å². The molecule has 7 heteroatoms. The molecule has 0 aliphatic carbocycles. The van der Waals surface area contributed by atoms with Crippen LogP contribution < -0.4 is 5.32 Å². The van der Waals surface area contributed by atoms with Gasteiger partial charge in [-0.3, -0.25) is 0 Å². The van der Waals surface area contributed by atoms with Gasteiger partial charge in [0.25, 0.3) is 0 Å². The average Bonchev–Trinajstić information content (AvgIpc) is 2.82. The van der Waals surface area contributed by atoms with Crippen molar-refractivity contribution < 1.29 is 4.79 Å². The quantitative estimate of drug-likeness (QED) is 0.859. The van der Waals surface area contributed by atoms with E-state index in [2.05, 4.69) is 14.9 Å². The lowest BCUT2D eigenvalue weighted by Gasteiger charge is -2.33. The van der Waals surface area contributed by atoms with Gasteiger partial charge >= 0.3 is 6.03 Å². The second kappa shape index (κ2) is 5.31. The summed E-state index contributed by atoms with van der Waals surface area (Å²) >= 11 is 1.37. The van der Waals surface area contributed by atoms with E-state index in [1.54, 1.807) is 25.2 Å². The number of rotatable bonds is 2. The summed E-state index contributed by atoms with van der Waals surface area (Å²) in [5, 5.41) is 8.18. The Morgan fingerprint density at radius 1 is 1.53 bits per heavy atom. The molecule has 1 saturated heterocycles. The van der Waals surface area contributed by atoms with Gasteiger partial charge in [-0.25, -0.2) is 4.79 Å². The number of hydrogen-bond acceptors (Lipinski definition) is 5. The predicted octanol–water partition coefficient (Wildman–Crippen LogP) is 1.10. The minimum atomic E-state index is 0.0999. The molecule has 2 amide bonds. The Balaban J connectivity index is 1.80. The number of nitrogens with one attached hydrogen (secondary N) is 1. The predicted molar refractivity (Wildman–Crippen MR) is 67.2 cm³/mol. The summed E-state index contributed by atoms with van der Waals surface area (Å²) in [5.74, 6) is 0. The van der Waals surface area contributed by atoms with Gasteiger partial charge in [0, 0.05) is 44.8 Å². The summed E-state index contributed by atoms with van der Waals surface area (Å²) in [5.41, 5.74) is 0. The minimum absolute atomic E-state index is 0.0999. The molecular weight excluding hydrogens is 238 g/mol. The number of likely N-dealkylation sites (tertiary alicyclic amines) is 1. The standard InChI is InChI=1S/C10H17N5OS/c1-14(2)10(16)15-5-3-8(4-6-15)12-9-7-11-13-17-9/h7-8,12H,3-6H2,1-2H3. The smallest absolute Gasteiger partial charge is 0.319 e. The molecule has 1 aromatic heterocycles. The number of amides is 2. The molecule has 6 nitrogen and oxygen atoms in total. The van der Waals surface area contributed by atoms with Crippen molar-refractivity contribution in [1.29, 1.82) is 0 Å². The molecule has 0 radical (unpaired) electrons. The summed E-state index contributed by atoms with van der Waals surface area (Å²) in [6.45, 7) is 1.61. The normalized spacial score (nSPS) is 16.9. The zero-order chi connectivity index (χ0) is 12.3. The number of carbonyl (C=O) groups excluding carboxylic acids is 1. The third-order valence-corrected chi connectivity index (χ3v) is 3.45. The zero-order valence-electron chi connectivity index (χ0n) is 10.1. The van der Waals surface area contributed by atoms with E-state index in [1.807, 2.05) is 4.90 Å². The Bertz CT molecular complexity index is 359. The van der Waals surface area contributed by atoms with Crippen LogP contribution in [0.3, 0.4) is 0 Å². The van der Waals surface area contributed by atoms with Crippen molar-refractivity contribution in [2.24, 2.45) is 0 Å². The first-order valence-corrected chi connectivity index (χ1v) is 6.44. The van der Waals surface area contributed by atoms with Crippen molar-refractivity contribution in [3.63, 3.8) is 0 Å². The van der Waals surface area contributed by atoms with Crippen LogP contribution in [0.25, 0.3) is 0 Å². The fourth-order valence-electron chi connectivity index (χ4n) is 1.93. The molecule has 1 aromatic rings. The lowest BCUT2D eigenvalue weighted by atomic mass is 10.1. The molecule has 17 heavy (non-hydrogen) atoms. The molecule has 2 rings (SSSR count). The van der Waals surface area contributed by atoms with Crippen LogP contribution in [0, 0.1) is 0 Å². The zero-order valence-corrected chi connectivity index (χ0v) is 10.9. The van der Waals surface area contributed by atoms with E-state index in [0.29, 0.717) is 6.04 Å². The second-order valence-corrected chi connectivity index (χ2v) is 5.15. The maximum absolute atomic E-state index is 11.7. The first-order valence-electron chi connectivity index (χ1n) is 5.67. The molecule has 0 saturated carbocycles. The van der Waals surface area contributed by atoms with Crippen molar-refractivity contribution in [3.8, 4) is 0 Å². The molecule has 0 atom stereocenters. The molecule has 1 aliphatic rings. The summed E-state index contributed by atoms with van der Waals surface area (Å²) in [6.07, 6.45) is 3.68. The number of nitrogens with zero attached hydrogens (tertiary/aromatic N) is 4. The number of urea groups is 1. The van der Waals surface area contributed by atoms with Gasteiger partial charge in [0.2, 0.25) is 0 Å². The summed E-state index contributed by atoms with van der Waals surface area (Å²) < 4.78 is 3.81. The highest BCUT2D eigenvalue weighted by molar-refractivity contribution is 7.09. The summed E-state index contributed by atoms with van der Waals surface area (Å²) in [6, 6.07) is 0.520. The van der Waals surface area contributed by atoms with Crippen LogP contribution in [-0.4, -0.2) is 58.6 Å². The van der Waals surface area contributed by atoms with Gasteiger partial charge < -0.3 is 15.1 Å². The first kappa shape index (κ1) is 12.1. The average molecular weight is 255 g/mol. The molecule has 0 spiro atoms. The number of carbonyl (C=O) groups is 1. The summed E-state index contributed by atoms with van der Waals surface area (Å²) in [7, 11) is 3.57. The highest BCUT2D eigenvalue weighted by Crippen LogP contribution is 2.18. The molecule has 2 heterocycles. The molecule has 1 fully saturated rings. The van der Waals surface area contributed by atoms with Gasteiger partial charge in [0.05, 0.1) is 6.20 Å². The molecule has 0 bridgehead atoms. The Hall–Kier alpha value is -1.37. The second-order valence-electron chi connectivity index (χ2n) is 4.36. The van der Waals surface area contributed by atoms with Crippen molar-refractivity contribution >= 4 is 22.6 Å². The van der Waals surface area contributed by atoms with E-state index in [1.165, 1.54) is 11.5 Å². The largest absolute Gasteiger partial charge is 0.371 e. The van der Waals surface area contributed by atoms with Gasteiger partial charge in [-0.1, -0.05) is 4.49 Å². The Morgan fingerprint density at radius 2 is 2.24 bits per heavy atom. The number of hydrogen-bond donors (Lipinski definition) is 1. The lowest BCUT2D eigenvalue weighted by molar-refractivity contribution is 0.158. The SMILES string of the molecule is CN(C)C(=O)N1CCC(Nc2cnns2)CC1. The van der Waals surface area contributed by atoms with E-state index in [0.717, 1.165) is 30.9 Å². The molecular formula is C10H17N5OS. The van der Waals surface area contributed by atoms with Crippen LogP contribution in [-0.2, 0) is 0 Å². The molecule has 1 N–H and O–H groups in total. The van der Waals surface area contributed by atoms with Crippen molar-refractivity contribution in [1.82, 2.24) is 19.4 Å². The van der Waals surface area contributed by atoms with Crippen molar-refractivity contribution in [3.05, 3.63) is 6.20 Å². The van der Waals surface area contributed by atoms with Gasteiger partial charge in [0.15, 0.2) is 0 Å². The van der Waals surface area contributed by atoms with E-state index < -0.39 is 0 Å². The fourth-order valence-corrected chi connectivity index (χ4v) is 2.43. The van der Waals surface area contributed by atoms with Crippen molar-refractivity contribution in [2.45, 2.75) is 18.9 Å². The Kier molecular flexibility index (Phi) is 3.78. The first-order chi connectivity index (χ1) is 8.16. The molecule has 0 unspecified atom stereocenters. The van der Waals surface area contributed by atoms with Crippen LogP contribution in [0.2, 0.25) is 0 Å². The van der Waals surface area contributed by atoms with Crippen LogP contribution in [0.4, 0.5) is 9.80 Å². The van der Waals surface area contributed by atoms with Gasteiger partial charge in [-0.15, -0.1) is 5.10 Å². The Labute approximate surface area is 105 Å². The van der Waals surface area contributed by atoms with E-state index in [9.17, 15) is 4.79 Å². The molecule has 0 aromatic carbocycles. The highest BCUT2D eigenvalue weighted by Gasteiger charge is 2.23. The van der Waals surface area contributed by atoms with Crippen LogP contribution in [0.15, 0.2) is 6.20 Å². The van der Waals surface area contributed by atoms with E-state index >= 15 is 0 Å². The monoisotopic (exact) mass is 255 g/mol. The summed E-state index contributed by atoms with van der Waals surface area (Å²) in [4.78, 5) is 15.3. The number of piperidine rings is 1. The topological polar surface area (TPSA) is 61.4 Å². The van der Waals surface area contributed by atoms with E-state index in [-0.39, 0.29) is 6.03 Å². The Morgan fingerprint density at radius 3 is 2.76 bits per heavy atom. The lowest BCUT2D eigenvalue weighted by Crippen LogP contribution is -2.46. The molecule has 94 valence electrons. The van der Waals surface area contributed by atoms with Crippen LogP contribution in [0.5, 0.6) is 0 Å². The maximum atomic E-state index is 11.7. The van der Waals surface area contributed by atoms with Gasteiger partial charge in [-0.05, 0) is 12.8 Å². The highest BCUT2D eigenvalue weighted by atomic mass is 32.1. The van der Waals surface area contributed by atoms with Crippen LogP contribution in [0.1, 0.15) is 12.8 Å². The van der Waals surface area contributed by atoms with Gasteiger partial charge in [0.1, 0.15) is 5.00 Å². The number of aromatic nitrogens is 2. The third kappa shape index (κ3) is 3.06. The van der Waals surface area contributed by atoms with Crippen molar-refractivity contribution in [2.75, 3.05) is 32.5 Å². The maximum Gasteiger partial charge on any atom is 0.319 e. The van der Waals surface area contributed by atoms with Crippen LogP contribution >= 0.6 is 11.5 Å². The third-order valence-electron chi connectivity index (χ3n) is 2.86. The van der Waals surface area contributed by atoms with E-state index in [4.69, 9.17) is 0 Å². The molecule has 1 aliphatic heterocycles. The fraction of sp³-hybridized carbons (Fsp3) is 0.700.